The fourth-order valence-electron chi connectivity index (χ4n) is 2.60. The molecule has 29 heavy (non-hydrogen) atoms. The third-order valence-corrected chi connectivity index (χ3v) is 5.48. The van der Waals surface area contributed by atoms with Crippen LogP contribution in [0.15, 0.2) is 48.5 Å². The van der Waals surface area contributed by atoms with Crippen molar-refractivity contribution in [1.82, 2.24) is 5.32 Å². The number of rotatable bonds is 11. The van der Waals surface area contributed by atoms with Gasteiger partial charge in [0, 0.05) is 18.0 Å². The van der Waals surface area contributed by atoms with Crippen LogP contribution in [0.25, 0.3) is 0 Å². The first-order chi connectivity index (χ1) is 13.8. The van der Waals surface area contributed by atoms with E-state index in [1.807, 2.05) is 0 Å². The lowest BCUT2D eigenvalue weighted by Gasteiger charge is -2.22. The second kappa shape index (κ2) is 10.9. The molecule has 0 saturated heterocycles. The molecule has 0 aliphatic heterocycles. The molecule has 1 N–H and O–H groups in total. The Morgan fingerprint density at radius 3 is 2.28 bits per heavy atom. The van der Waals surface area contributed by atoms with E-state index in [-0.39, 0.29) is 18.9 Å². The highest BCUT2D eigenvalue weighted by molar-refractivity contribution is 7.92. The lowest BCUT2D eigenvalue weighted by molar-refractivity contribution is -0.121. The number of nitrogens with zero attached hydrogens (tertiary/aromatic N) is 1. The van der Waals surface area contributed by atoms with Crippen LogP contribution in [-0.2, 0) is 14.8 Å². The Kier molecular flexibility index (Phi) is 8.60. The highest BCUT2D eigenvalue weighted by Gasteiger charge is 2.17. The standard InChI is InChI=1S/C20H25ClN2O5S/c1-27-18-9-11-19(12-10-18)28-15-13-22-20(24)4-3-14-23(29(2,25)26)17-7-5-16(21)6-8-17/h5-12H,3-4,13-15H2,1-2H3,(H,22,24). The molecule has 0 fully saturated rings. The first-order valence-electron chi connectivity index (χ1n) is 9.06. The molecule has 0 heterocycles. The van der Waals surface area contributed by atoms with Crippen LogP contribution in [0.4, 0.5) is 5.69 Å². The molecule has 7 nitrogen and oxygen atoms in total. The minimum Gasteiger partial charge on any atom is -0.497 e. The van der Waals surface area contributed by atoms with Crippen LogP contribution in [0.5, 0.6) is 11.5 Å². The number of carbonyl (C=O) groups excluding carboxylic acids is 1. The van der Waals surface area contributed by atoms with E-state index in [9.17, 15) is 13.2 Å². The maximum absolute atomic E-state index is 12.0. The summed E-state index contributed by atoms with van der Waals surface area (Å²) in [6.07, 6.45) is 1.74. The average molecular weight is 441 g/mol. The van der Waals surface area contributed by atoms with E-state index in [1.165, 1.54) is 4.31 Å². The van der Waals surface area contributed by atoms with Crippen molar-refractivity contribution in [3.8, 4) is 11.5 Å². The summed E-state index contributed by atoms with van der Waals surface area (Å²) in [5, 5.41) is 3.29. The molecular formula is C20H25ClN2O5S. The van der Waals surface area contributed by atoms with Crippen molar-refractivity contribution in [3.05, 3.63) is 53.6 Å². The van der Waals surface area contributed by atoms with Crippen molar-refractivity contribution >= 4 is 33.2 Å². The molecule has 158 valence electrons. The number of methoxy groups -OCH3 is 1. The highest BCUT2D eigenvalue weighted by Crippen LogP contribution is 2.21. The zero-order chi connectivity index (χ0) is 21.3. The predicted octanol–water partition coefficient (Wildman–Crippen LogP) is 3.09. The third kappa shape index (κ3) is 7.83. The molecule has 0 aliphatic rings. The van der Waals surface area contributed by atoms with Gasteiger partial charge in [0.15, 0.2) is 0 Å². The number of nitrogens with one attached hydrogen (secondary N) is 1. The van der Waals surface area contributed by atoms with Gasteiger partial charge >= 0.3 is 0 Å². The molecule has 0 spiro atoms. The molecule has 2 rings (SSSR count). The number of carbonyl (C=O) groups is 1. The van der Waals surface area contributed by atoms with Gasteiger partial charge in [-0.25, -0.2) is 8.42 Å². The number of sulfonamides is 1. The number of hydrogen-bond acceptors (Lipinski definition) is 5. The molecule has 0 aromatic heterocycles. The number of halogens is 1. The topological polar surface area (TPSA) is 84.9 Å². The normalized spacial score (nSPS) is 11.0. The summed E-state index contributed by atoms with van der Waals surface area (Å²) in [7, 11) is -1.86. The number of benzene rings is 2. The van der Waals surface area contributed by atoms with Gasteiger partial charge in [-0.05, 0) is 55.0 Å². The fourth-order valence-corrected chi connectivity index (χ4v) is 3.69. The molecule has 0 aliphatic carbocycles. The lowest BCUT2D eigenvalue weighted by Crippen LogP contribution is -2.32. The van der Waals surface area contributed by atoms with E-state index in [4.69, 9.17) is 21.1 Å². The molecule has 0 unspecified atom stereocenters. The summed E-state index contributed by atoms with van der Waals surface area (Å²) >= 11 is 5.85. The fraction of sp³-hybridized carbons (Fsp3) is 0.350. The van der Waals surface area contributed by atoms with Gasteiger partial charge < -0.3 is 14.8 Å². The monoisotopic (exact) mass is 440 g/mol. The Morgan fingerprint density at radius 1 is 1.07 bits per heavy atom. The minimum atomic E-state index is -3.46. The van der Waals surface area contributed by atoms with Crippen LogP contribution >= 0.6 is 11.6 Å². The van der Waals surface area contributed by atoms with E-state index in [0.29, 0.717) is 36.0 Å². The lowest BCUT2D eigenvalue weighted by atomic mass is 10.2. The number of hydrogen-bond donors (Lipinski definition) is 1. The molecule has 0 radical (unpaired) electrons. The smallest absolute Gasteiger partial charge is 0.232 e. The molecule has 0 bridgehead atoms. The Morgan fingerprint density at radius 2 is 1.69 bits per heavy atom. The molecule has 0 atom stereocenters. The number of ether oxygens (including phenoxy) is 2. The van der Waals surface area contributed by atoms with Crippen molar-refractivity contribution in [2.45, 2.75) is 12.8 Å². The van der Waals surface area contributed by atoms with Crippen molar-refractivity contribution in [1.29, 1.82) is 0 Å². The molecule has 0 saturated carbocycles. The Hall–Kier alpha value is -2.45. The summed E-state index contributed by atoms with van der Waals surface area (Å²) in [4.78, 5) is 12.0. The quantitative estimate of drug-likeness (QED) is 0.543. The molecule has 1 amide bonds. The summed E-state index contributed by atoms with van der Waals surface area (Å²) < 4.78 is 36.0. The second-order valence-corrected chi connectivity index (χ2v) is 8.63. The van der Waals surface area contributed by atoms with Gasteiger partial charge in [0.25, 0.3) is 0 Å². The summed E-state index contributed by atoms with van der Waals surface area (Å²) in [6, 6.07) is 13.7. The van der Waals surface area contributed by atoms with E-state index >= 15 is 0 Å². The van der Waals surface area contributed by atoms with Gasteiger partial charge in [0.05, 0.1) is 25.6 Å². The van der Waals surface area contributed by atoms with E-state index in [2.05, 4.69) is 5.32 Å². The third-order valence-electron chi connectivity index (χ3n) is 4.03. The second-order valence-electron chi connectivity index (χ2n) is 6.29. The van der Waals surface area contributed by atoms with Gasteiger partial charge in [0.2, 0.25) is 15.9 Å². The van der Waals surface area contributed by atoms with E-state index in [1.54, 1.807) is 55.6 Å². The maximum atomic E-state index is 12.0. The predicted molar refractivity (Wildman–Crippen MR) is 114 cm³/mol. The van der Waals surface area contributed by atoms with Gasteiger partial charge in [-0.1, -0.05) is 11.6 Å². The Labute approximate surface area is 176 Å². The maximum Gasteiger partial charge on any atom is 0.232 e. The molecule has 2 aromatic carbocycles. The van der Waals surface area contributed by atoms with Crippen molar-refractivity contribution in [3.63, 3.8) is 0 Å². The Balaban J connectivity index is 1.72. The largest absolute Gasteiger partial charge is 0.497 e. The number of amides is 1. The minimum absolute atomic E-state index is 0.159. The Bertz CT molecular complexity index is 886. The van der Waals surface area contributed by atoms with Crippen LogP contribution in [-0.4, -0.2) is 47.4 Å². The summed E-state index contributed by atoms with van der Waals surface area (Å²) in [5.74, 6) is 1.27. The van der Waals surface area contributed by atoms with Crippen molar-refractivity contribution in [2.24, 2.45) is 0 Å². The van der Waals surface area contributed by atoms with Crippen molar-refractivity contribution < 1.29 is 22.7 Å². The van der Waals surface area contributed by atoms with E-state index in [0.717, 1.165) is 12.0 Å². The van der Waals surface area contributed by atoms with Crippen LogP contribution in [0.1, 0.15) is 12.8 Å². The van der Waals surface area contributed by atoms with Crippen molar-refractivity contribution in [2.75, 3.05) is 37.4 Å². The first-order valence-corrected chi connectivity index (χ1v) is 11.3. The summed E-state index contributed by atoms with van der Waals surface area (Å²) in [5.41, 5.74) is 0.519. The SMILES string of the molecule is COc1ccc(OCCNC(=O)CCCN(c2ccc(Cl)cc2)S(C)(=O)=O)cc1. The van der Waals surface area contributed by atoms with Crippen LogP contribution in [0.3, 0.4) is 0 Å². The van der Waals surface area contributed by atoms with Gasteiger partial charge in [-0.3, -0.25) is 9.10 Å². The van der Waals surface area contributed by atoms with Crippen LogP contribution in [0, 0.1) is 0 Å². The van der Waals surface area contributed by atoms with Crippen LogP contribution < -0.4 is 19.1 Å². The summed E-state index contributed by atoms with van der Waals surface area (Å²) in [6.45, 7) is 0.895. The first kappa shape index (κ1) is 22.8. The zero-order valence-electron chi connectivity index (χ0n) is 16.4. The van der Waals surface area contributed by atoms with E-state index < -0.39 is 10.0 Å². The zero-order valence-corrected chi connectivity index (χ0v) is 18.0. The highest BCUT2D eigenvalue weighted by atomic mass is 35.5. The molecule has 2 aromatic rings. The molecule has 9 heteroatoms. The average Bonchev–Trinajstić information content (AvgIpc) is 2.69. The number of anilines is 1. The van der Waals surface area contributed by atoms with Gasteiger partial charge in [-0.15, -0.1) is 0 Å². The van der Waals surface area contributed by atoms with Crippen LogP contribution in [0.2, 0.25) is 5.02 Å². The van der Waals surface area contributed by atoms with Gasteiger partial charge in [-0.2, -0.15) is 0 Å². The molecular weight excluding hydrogens is 416 g/mol. The van der Waals surface area contributed by atoms with Gasteiger partial charge in [0.1, 0.15) is 18.1 Å².